The number of halogens is 1. The first-order valence-electron chi connectivity index (χ1n) is 6.10. The lowest BCUT2D eigenvalue weighted by Gasteiger charge is -2.05. The van der Waals surface area contributed by atoms with Crippen LogP contribution in [-0.2, 0) is 13.1 Å². The third kappa shape index (κ3) is 3.93. The normalized spacial score (nSPS) is 11.3. The maximum Gasteiger partial charge on any atom is 0.0763 e. The number of hydrogen-bond acceptors (Lipinski definition) is 3. The summed E-state index contributed by atoms with van der Waals surface area (Å²) in [5.41, 5.74) is 1.10. The number of nitrogens with one attached hydrogen (secondary N) is 1. The van der Waals surface area contributed by atoms with Crippen molar-refractivity contribution in [2.24, 2.45) is 5.92 Å². The summed E-state index contributed by atoms with van der Waals surface area (Å²) in [7, 11) is 0. The van der Waals surface area contributed by atoms with Gasteiger partial charge in [-0.05, 0) is 45.9 Å². The second kappa shape index (κ2) is 6.50. The Kier molecular flexibility index (Phi) is 4.97. The van der Waals surface area contributed by atoms with Crippen LogP contribution in [0, 0.1) is 5.92 Å². The minimum atomic E-state index is 0.675. The average molecular weight is 328 g/mol. The summed E-state index contributed by atoms with van der Waals surface area (Å²) in [6, 6.07) is 4.16. The molecule has 0 atom stereocenters. The molecule has 2 aromatic rings. The van der Waals surface area contributed by atoms with Crippen LogP contribution in [0.4, 0.5) is 0 Å². The van der Waals surface area contributed by atoms with Crippen molar-refractivity contribution in [1.82, 2.24) is 15.1 Å². The molecular formula is C13H18BrN3S. The minimum Gasteiger partial charge on any atom is -0.311 e. The van der Waals surface area contributed by atoms with Crippen molar-refractivity contribution in [3.8, 4) is 0 Å². The Labute approximate surface area is 120 Å². The number of nitrogens with zero attached hydrogens (tertiary/aromatic N) is 2. The second-order valence-corrected chi connectivity index (χ2v) is 6.58. The summed E-state index contributed by atoms with van der Waals surface area (Å²) in [4.78, 5) is 1.31. The van der Waals surface area contributed by atoms with Gasteiger partial charge in [0.05, 0.1) is 12.2 Å². The molecule has 0 fully saturated rings. The van der Waals surface area contributed by atoms with E-state index in [1.165, 1.54) is 9.35 Å². The van der Waals surface area contributed by atoms with E-state index in [1.807, 2.05) is 10.9 Å². The molecule has 5 heteroatoms. The lowest BCUT2D eigenvalue weighted by Crippen LogP contribution is -2.19. The van der Waals surface area contributed by atoms with Crippen LogP contribution in [0.5, 0.6) is 0 Å². The zero-order valence-corrected chi connectivity index (χ0v) is 13.1. The quantitative estimate of drug-likeness (QED) is 0.879. The standard InChI is InChI=1S/C13H18BrN3S/c1-10(2)7-15-8-11-3-5-17(16-11)9-13-12(14)4-6-18-13/h3-6,10,15H,7-9H2,1-2H3. The Balaban J connectivity index is 1.88. The summed E-state index contributed by atoms with van der Waals surface area (Å²) in [6.45, 7) is 7.13. The predicted molar refractivity (Wildman–Crippen MR) is 79.9 cm³/mol. The molecule has 0 aliphatic carbocycles. The molecule has 2 heterocycles. The van der Waals surface area contributed by atoms with Crippen molar-refractivity contribution in [2.75, 3.05) is 6.54 Å². The van der Waals surface area contributed by atoms with Crippen LogP contribution >= 0.6 is 27.3 Å². The van der Waals surface area contributed by atoms with Gasteiger partial charge in [-0.2, -0.15) is 5.10 Å². The Morgan fingerprint density at radius 3 is 2.94 bits per heavy atom. The van der Waals surface area contributed by atoms with E-state index < -0.39 is 0 Å². The minimum absolute atomic E-state index is 0.675. The molecule has 1 N–H and O–H groups in total. The van der Waals surface area contributed by atoms with E-state index in [0.29, 0.717) is 5.92 Å². The van der Waals surface area contributed by atoms with E-state index in [-0.39, 0.29) is 0 Å². The number of hydrogen-bond donors (Lipinski definition) is 1. The van der Waals surface area contributed by atoms with E-state index >= 15 is 0 Å². The molecular weight excluding hydrogens is 310 g/mol. The molecule has 98 valence electrons. The van der Waals surface area contributed by atoms with E-state index in [1.54, 1.807) is 11.3 Å². The fraction of sp³-hybridized carbons (Fsp3) is 0.462. The summed E-state index contributed by atoms with van der Waals surface area (Å²) in [5.74, 6) is 0.675. The summed E-state index contributed by atoms with van der Waals surface area (Å²) in [5, 5.41) is 10.1. The second-order valence-electron chi connectivity index (χ2n) is 4.72. The van der Waals surface area contributed by atoms with Gasteiger partial charge in [0.15, 0.2) is 0 Å². The molecule has 0 unspecified atom stereocenters. The third-order valence-corrected chi connectivity index (χ3v) is 4.46. The lowest BCUT2D eigenvalue weighted by atomic mass is 10.2. The summed E-state index contributed by atoms with van der Waals surface area (Å²) in [6.07, 6.45) is 2.04. The van der Waals surface area contributed by atoms with Crippen molar-refractivity contribution in [2.45, 2.75) is 26.9 Å². The van der Waals surface area contributed by atoms with Crippen molar-refractivity contribution < 1.29 is 0 Å². The average Bonchev–Trinajstić information content (AvgIpc) is 2.90. The molecule has 0 bridgehead atoms. The van der Waals surface area contributed by atoms with Gasteiger partial charge in [0, 0.05) is 22.1 Å². The Morgan fingerprint density at radius 2 is 2.28 bits per heavy atom. The zero-order valence-electron chi connectivity index (χ0n) is 10.7. The first-order valence-corrected chi connectivity index (χ1v) is 7.77. The van der Waals surface area contributed by atoms with Crippen LogP contribution in [-0.4, -0.2) is 16.3 Å². The molecule has 3 nitrogen and oxygen atoms in total. The maximum absolute atomic E-state index is 4.56. The molecule has 0 spiro atoms. The zero-order chi connectivity index (χ0) is 13.0. The summed E-state index contributed by atoms with van der Waals surface area (Å²) < 4.78 is 3.16. The predicted octanol–water partition coefficient (Wildman–Crippen LogP) is 3.50. The van der Waals surface area contributed by atoms with Crippen LogP contribution < -0.4 is 5.32 Å². The molecule has 2 aromatic heterocycles. The van der Waals surface area contributed by atoms with Crippen molar-refractivity contribution >= 4 is 27.3 Å². The van der Waals surface area contributed by atoms with Crippen molar-refractivity contribution in [1.29, 1.82) is 0 Å². The summed E-state index contributed by atoms with van der Waals surface area (Å²) >= 11 is 5.30. The first-order chi connectivity index (χ1) is 8.65. The molecule has 0 aliphatic heterocycles. The monoisotopic (exact) mass is 327 g/mol. The highest BCUT2D eigenvalue weighted by atomic mass is 79.9. The van der Waals surface area contributed by atoms with Gasteiger partial charge in [0.2, 0.25) is 0 Å². The van der Waals surface area contributed by atoms with Gasteiger partial charge in [-0.15, -0.1) is 11.3 Å². The Bertz CT molecular complexity index is 490. The molecule has 0 saturated carbocycles. The smallest absolute Gasteiger partial charge is 0.0763 e. The molecule has 0 amide bonds. The van der Waals surface area contributed by atoms with Gasteiger partial charge in [0.25, 0.3) is 0 Å². The van der Waals surface area contributed by atoms with Gasteiger partial charge in [-0.25, -0.2) is 0 Å². The first kappa shape index (κ1) is 13.8. The Hall–Kier alpha value is -0.650. The molecule has 0 aliphatic rings. The molecule has 0 aromatic carbocycles. The maximum atomic E-state index is 4.56. The van der Waals surface area contributed by atoms with Gasteiger partial charge in [-0.1, -0.05) is 13.8 Å². The van der Waals surface area contributed by atoms with Crippen LogP contribution in [0.3, 0.4) is 0 Å². The van der Waals surface area contributed by atoms with Gasteiger partial charge < -0.3 is 5.32 Å². The molecule has 18 heavy (non-hydrogen) atoms. The van der Waals surface area contributed by atoms with Crippen LogP contribution in [0.15, 0.2) is 28.2 Å². The molecule has 0 saturated heterocycles. The highest BCUT2D eigenvalue weighted by Crippen LogP contribution is 2.23. The topological polar surface area (TPSA) is 29.9 Å². The van der Waals surface area contributed by atoms with Crippen molar-refractivity contribution in [3.63, 3.8) is 0 Å². The van der Waals surface area contributed by atoms with E-state index in [0.717, 1.165) is 25.3 Å². The largest absolute Gasteiger partial charge is 0.311 e. The lowest BCUT2D eigenvalue weighted by molar-refractivity contribution is 0.543. The SMILES string of the molecule is CC(C)CNCc1ccn(Cc2sccc2Br)n1. The van der Waals surface area contributed by atoms with E-state index in [4.69, 9.17) is 0 Å². The van der Waals surface area contributed by atoms with Gasteiger partial charge >= 0.3 is 0 Å². The van der Waals surface area contributed by atoms with Gasteiger partial charge in [0.1, 0.15) is 0 Å². The van der Waals surface area contributed by atoms with Crippen LogP contribution in [0.25, 0.3) is 0 Å². The third-order valence-electron chi connectivity index (χ3n) is 2.55. The number of rotatable bonds is 6. The number of aromatic nitrogens is 2. The van der Waals surface area contributed by atoms with Gasteiger partial charge in [-0.3, -0.25) is 4.68 Å². The highest BCUT2D eigenvalue weighted by Gasteiger charge is 2.04. The van der Waals surface area contributed by atoms with E-state index in [9.17, 15) is 0 Å². The fourth-order valence-electron chi connectivity index (χ4n) is 1.66. The Morgan fingerprint density at radius 1 is 1.44 bits per heavy atom. The molecule has 2 rings (SSSR count). The van der Waals surface area contributed by atoms with Crippen LogP contribution in [0.1, 0.15) is 24.4 Å². The highest BCUT2D eigenvalue weighted by molar-refractivity contribution is 9.10. The number of thiophene rings is 1. The molecule has 0 radical (unpaired) electrons. The van der Waals surface area contributed by atoms with E-state index in [2.05, 4.69) is 57.7 Å². The van der Waals surface area contributed by atoms with Crippen LogP contribution in [0.2, 0.25) is 0 Å². The van der Waals surface area contributed by atoms with Crippen molar-refractivity contribution in [3.05, 3.63) is 38.8 Å². The fourth-order valence-corrected chi connectivity index (χ4v) is 3.13.